The number of hydrogen-bond acceptors (Lipinski definition) is 4. The first kappa shape index (κ1) is 16.4. The second-order valence-electron chi connectivity index (χ2n) is 0.994. The highest BCUT2D eigenvalue weighted by Gasteiger charge is 1.67. The zero-order valence-corrected chi connectivity index (χ0v) is 4.81. The third-order valence-corrected chi connectivity index (χ3v) is 0.200. The van der Waals surface area contributed by atoms with Gasteiger partial charge in [0.05, 0.1) is 0 Å². The molecule has 0 rings (SSSR count). The lowest BCUT2D eigenvalue weighted by Crippen LogP contribution is -1.99. The molecular weight excluding hydrogens is 92.1 g/mol. The molecule has 0 bridgehead atoms. The maximum atomic E-state index is 7.82. The van der Waals surface area contributed by atoms with Gasteiger partial charge in [-0.15, -0.1) is 0 Å². The van der Waals surface area contributed by atoms with E-state index in [9.17, 15) is 0 Å². The van der Waals surface area contributed by atoms with Gasteiger partial charge in [-0.05, 0) is 0 Å². The minimum atomic E-state index is 0. The molecule has 4 heteroatoms. The summed E-state index contributed by atoms with van der Waals surface area (Å²) < 4.78 is 0. The second-order valence-corrected chi connectivity index (χ2v) is 0.994. The highest BCUT2D eigenvalue weighted by molar-refractivity contribution is 4.60. The van der Waals surface area contributed by atoms with Crippen LogP contribution >= 0.6 is 0 Å². The van der Waals surface area contributed by atoms with Gasteiger partial charge in [-0.2, -0.15) is 5.26 Å². The minimum Gasteiger partial charge on any atom is -0.344 e. The van der Waals surface area contributed by atoms with Crippen LogP contribution in [-0.2, 0) is 0 Å². The van der Waals surface area contributed by atoms with Gasteiger partial charge in [-0.3, -0.25) is 0 Å². The van der Waals surface area contributed by atoms with E-state index < -0.39 is 0 Å². The average molecular weight is 104 g/mol. The molecule has 0 spiro atoms. The van der Waals surface area contributed by atoms with Gasteiger partial charge in [-0.1, -0.05) is 0 Å². The third-order valence-electron chi connectivity index (χ3n) is 0.200. The van der Waals surface area contributed by atoms with Gasteiger partial charge in [0.1, 0.15) is 0 Å². The van der Waals surface area contributed by atoms with E-state index >= 15 is 0 Å². The Kier molecular flexibility index (Phi) is 20.9. The van der Waals surface area contributed by atoms with Crippen LogP contribution in [0, 0.1) is 11.5 Å². The Morgan fingerprint density at radius 1 is 1.29 bits per heavy atom. The summed E-state index contributed by atoms with van der Waals surface area (Å²) in [6, 6.07) is 0. The van der Waals surface area contributed by atoms with Crippen LogP contribution in [0.5, 0.6) is 0 Å². The van der Waals surface area contributed by atoms with Crippen LogP contribution in [0.3, 0.4) is 0 Å². The Bertz CT molecular complexity index is 52.4. The van der Waals surface area contributed by atoms with Crippen LogP contribution in [0.15, 0.2) is 0 Å². The molecular formula is C3H12N4. The molecule has 0 fully saturated rings. The van der Waals surface area contributed by atoms with Gasteiger partial charge >= 0.3 is 0 Å². The molecule has 0 aliphatic rings. The lowest BCUT2D eigenvalue weighted by molar-refractivity contribution is 0.585. The molecule has 0 amide bonds. The predicted octanol–water partition coefficient (Wildman–Crippen LogP) is 0.353. The molecule has 0 atom stereocenters. The molecule has 0 saturated carbocycles. The maximum absolute atomic E-state index is 7.82. The Hall–Kier alpha value is -0.790. The lowest BCUT2D eigenvalue weighted by atomic mass is 11.0. The molecule has 0 aliphatic heterocycles. The molecule has 0 aromatic rings. The molecule has 0 saturated heterocycles. The van der Waals surface area contributed by atoms with Gasteiger partial charge in [0, 0.05) is 14.1 Å². The Morgan fingerprint density at radius 2 is 1.43 bits per heavy atom. The highest BCUT2D eigenvalue weighted by atomic mass is 15.0. The topological polar surface area (TPSA) is 97.0 Å². The molecule has 0 aliphatic carbocycles. The van der Waals surface area contributed by atoms with E-state index in [4.69, 9.17) is 5.26 Å². The summed E-state index contributed by atoms with van der Waals surface area (Å²) in [4.78, 5) is 1.43. The van der Waals surface area contributed by atoms with Crippen molar-refractivity contribution in [1.29, 1.82) is 5.26 Å². The van der Waals surface area contributed by atoms with Crippen LogP contribution in [0.1, 0.15) is 0 Å². The predicted molar refractivity (Wildman–Crippen MR) is 29.3 cm³/mol. The quantitative estimate of drug-likeness (QED) is 0.342. The van der Waals surface area contributed by atoms with Crippen LogP contribution < -0.4 is 12.3 Å². The van der Waals surface area contributed by atoms with E-state index in [2.05, 4.69) is 0 Å². The smallest absolute Gasteiger partial charge is 0.178 e. The summed E-state index contributed by atoms with van der Waals surface area (Å²) in [6.07, 6.45) is 1.86. The van der Waals surface area contributed by atoms with Crippen molar-refractivity contribution >= 4 is 0 Å². The Labute approximate surface area is 43.9 Å². The molecule has 0 aromatic carbocycles. The Balaban J connectivity index is -0.0000000800. The molecule has 44 valence electrons. The zero-order valence-electron chi connectivity index (χ0n) is 4.81. The molecule has 0 aromatic heterocycles. The lowest BCUT2D eigenvalue weighted by Gasteiger charge is -1.89. The van der Waals surface area contributed by atoms with Crippen molar-refractivity contribution in [2.45, 2.75) is 0 Å². The fourth-order valence-electron chi connectivity index (χ4n) is 0. The number of hydrogen-bond donors (Lipinski definition) is 2. The van der Waals surface area contributed by atoms with Crippen molar-refractivity contribution < 1.29 is 0 Å². The van der Waals surface area contributed by atoms with Crippen molar-refractivity contribution in [3.8, 4) is 6.19 Å². The fraction of sp³-hybridized carbons (Fsp3) is 0.667. The first-order valence-electron chi connectivity index (χ1n) is 1.34. The molecule has 7 heavy (non-hydrogen) atoms. The van der Waals surface area contributed by atoms with Crippen molar-refractivity contribution in [2.24, 2.45) is 0 Å². The number of nitrogens with zero attached hydrogens (tertiary/aromatic N) is 2. The molecule has 0 radical (unpaired) electrons. The second kappa shape index (κ2) is 8.96. The minimum absolute atomic E-state index is 0. The normalized spacial score (nSPS) is 4.14. The molecule has 6 N–H and O–H groups in total. The summed E-state index contributed by atoms with van der Waals surface area (Å²) in [5.41, 5.74) is 0. The van der Waals surface area contributed by atoms with Crippen LogP contribution in [0.4, 0.5) is 0 Å². The van der Waals surface area contributed by atoms with Crippen molar-refractivity contribution in [3.63, 3.8) is 0 Å². The summed E-state index contributed by atoms with van der Waals surface area (Å²) >= 11 is 0. The first-order chi connectivity index (χ1) is 2.27. The van der Waals surface area contributed by atoms with Gasteiger partial charge in [0.25, 0.3) is 0 Å². The van der Waals surface area contributed by atoms with Gasteiger partial charge < -0.3 is 17.2 Å². The van der Waals surface area contributed by atoms with Crippen LogP contribution in [-0.4, -0.2) is 19.0 Å². The SMILES string of the molecule is CN(C)C#N.N.N. The van der Waals surface area contributed by atoms with Gasteiger partial charge in [0.15, 0.2) is 6.19 Å². The van der Waals surface area contributed by atoms with E-state index in [1.165, 1.54) is 4.90 Å². The maximum Gasteiger partial charge on any atom is 0.178 e. The van der Waals surface area contributed by atoms with E-state index in [0.717, 1.165) is 0 Å². The summed E-state index contributed by atoms with van der Waals surface area (Å²) in [5, 5.41) is 7.82. The van der Waals surface area contributed by atoms with E-state index in [0.29, 0.717) is 0 Å². The van der Waals surface area contributed by atoms with Crippen LogP contribution in [0.2, 0.25) is 0 Å². The van der Waals surface area contributed by atoms with Crippen molar-refractivity contribution in [3.05, 3.63) is 0 Å². The largest absolute Gasteiger partial charge is 0.344 e. The average Bonchev–Trinajstić information content (AvgIpc) is 1.38. The van der Waals surface area contributed by atoms with Gasteiger partial charge in [0.2, 0.25) is 0 Å². The summed E-state index contributed by atoms with van der Waals surface area (Å²) in [7, 11) is 3.39. The molecule has 0 unspecified atom stereocenters. The first-order valence-corrected chi connectivity index (χ1v) is 1.34. The van der Waals surface area contributed by atoms with Crippen LogP contribution in [0.25, 0.3) is 0 Å². The number of nitriles is 1. The third kappa shape index (κ3) is 36.7. The molecule has 4 nitrogen and oxygen atoms in total. The van der Waals surface area contributed by atoms with E-state index in [1.807, 2.05) is 6.19 Å². The van der Waals surface area contributed by atoms with E-state index in [-0.39, 0.29) is 12.3 Å². The molecule has 0 heterocycles. The highest BCUT2D eigenvalue weighted by Crippen LogP contribution is 1.56. The monoisotopic (exact) mass is 104 g/mol. The number of rotatable bonds is 0. The van der Waals surface area contributed by atoms with E-state index in [1.54, 1.807) is 14.1 Å². The standard InChI is InChI=1S/C3H6N2.2H3N/c1-5(2)3-4;;/h1-2H3;2*1H3. The summed E-state index contributed by atoms with van der Waals surface area (Å²) in [6.45, 7) is 0. The summed E-state index contributed by atoms with van der Waals surface area (Å²) in [5.74, 6) is 0. The van der Waals surface area contributed by atoms with Crippen molar-refractivity contribution in [1.82, 2.24) is 17.2 Å². The van der Waals surface area contributed by atoms with Crippen molar-refractivity contribution in [2.75, 3.05) is 14.1 Å². The Morgan fingerprint density at radius 3 is 1.43 bits per heavy atom. The zero-order chi connectivity index (χ0) is 4.28. The fourth-order valence-corrected chi connectivity index (χ4v) is 0. The van der Waals surface area contributed by atoms with Gasteiger partial charge in [-0.25, -0.2) is 0 Å².